The fraction of sp³-hybridized carbons (Fsp3) is 0.438. The molecule has 2 fully saturated rings. The minimum atomic E-state index is -1.23. The van der Waals surface area contributed by atoms with Gasteiger partial charge in [-0.15, -0.1) is 0 Å². The number of nitrogens with two attached hydrogens (primary N) is 1. The number of halogens is 2. The third-order valence-corrected chi connectivity index (χ3v) is 9.19. The Hall–Kier alpha value is -3.86. The highest BCUT2D eigenvalue weighted by Gasteiger charge is 2.36. The summed E-state index contributed by atoms with van der Waals surface area (Å²) in [4.78, 5) is 42.5. The first-order valence-electron chi connectivity index (χ1n) is 15.0. The number of hydrogen-bond acceptors (Lipinski definition) is 6. The third-order valence-electron chi connectivity index (χ3n) is 8.33. The molecule has 3 amide bonds. The molecule has 4 N–H and O–H groups in total. The Labute approximate surface area is 254 Å². The summed E-state index contributed by atoms with van der Waals surface area (Å²) in [5, 5.41) is 6.05. The van der Waals surface area contributed by atoms with Crippen LogP contribution in [0.1, 0.15) is 102 Å². The smallest absolute Gasteiger partial charge is 0.273 e. The standard InChI is InChI=1S/C32H37F2N5O3S/c33-22-17-15-20(16-18-22)28(31(41)37-24-12-5-2-6-13-24)39(19-21-9-7-8-14-25(21)34)32(42)29-26(35)27(38-43-29)30(40)36-23-10-3-1-4-11-23/h7-9,14-18,23-24,28H,1-6,10-13,19,35H2,(H,36,40)(H,37,41). The van der Waals surface area contributed by atoms with Gasteiger partial charge in [-0.05, 0) is 61.0 Å². The zero-order valence-electron chi connectivity index (χ0n) is 24.0. The summed E-state index contributed by atoms with van der Waals surface area (Å²) in [5.74, 6) is -2.63. The Morgan fingerprint density at radius 2 is 1.49 bits per heavy atom. The highest BCUT2D eigenvalue weighted by Crippen LogP contribution is 2.32. The van der Waals surface area contributed by atoms with E-state index in [0.29, 0.717) is 5.56 Å². The first-order valence-corrected chi connectivity index (χ1v) is 15.8. The van der Waals surface area contributed by atoms with Gasteiger partial charge in [0.25, 0.3) is 11.8 Å². The molecule has 1 aromatic heterocycles. The van der Waals surface area contributed by atoms with E-state index < -0.39 is 35.4 Å². The van der Waals surface area contributed by atoms with Crippen LogP contribution >= 0.6 is 11.5 Å². The fourth-order valence-electron chi connectivity index (χ4n) is 5.98. The normalized spacial score (nSPS) is 16.8. The lowest BCUT2D eigenvalue weighted by Gasteiger charge is -2.33. The van der Waals surface area contributed by atoms with Gasteiger partial charge >= 0.3 is 0 Å². The van der Waals surface area contributed by atoms with E-state index in [1.807, 2.05) is 0 Å². The van der Waals surface area contributed by atoms with Crippen LogP contribution in [0.2, 0.25) is 0 Å². The van der Waals surface area contributed by atoms with E-state index in [-0.39, 0.29) is 40.5 Å². The number of rotatable bonds is 9. The summed E-state index contributed by atoms with van der Waals surface area (Å²) in [5.41, 5.74) is 6.78. The molecule has 2 aliphatic carbocycles. The first kappa shape index (κ1) is 30.6. The summed E-state index contributed by atoms with van der Waals surface area (Å²) in [7, 11) is 0. The molecule has 11 heteroatoms. The lowest BCUT2D eigenvalue weighted by molar-refractivity contribution is -0.127. The topological polar surface area (TPSA) is 117 Å². The number of hydrogen-bond donors (Lipinski definition) is 3. The molecule has 8 nitrogen and oxygen atoms in total. The molecule has 3 aromatic rings. The Morgan fingerprint density at radius 3 is 2.12 bits per heavy atom. The second kappa shape index (κ2) is 14.1. The maximum absolute atomic E-state index is 14.9. The van der Waals surface area contributed by atoms with Crippen molar-refractivity contribution in [1.82, 2.24) is 19.9 Å². The average molecular weight is 610 g/mol. The highest BCUT2D eigenvalue weighted by atomic mass is 32.1. The molecule has 1 atom stereocenters. The Balaban J connectivity index is 1.50. The van der Waals surface area contributed by atoms with Gasteiger partial charge in [-0.2, -0.15) is 4.37 Å². The zero-order chi connectivity index (χ0) is 30.3. The van der Waals surface area contributed by atoms with Gasteiger partial charge in [-0.25, -0.2) is 8.78 Å². The Kier molecular flexibility index (Phi) is 10.0. The lowest BCUT2D eigenvalue weighted by atomic mass is 9.94. The van der Waals surface area contributed by atoms with Gasteiger partial charge in [0.2, 0.25) is 5.91 Å². The highest BCUT2D eigenvalue weighted by molar-refractivity contribution is 7.09. The quantitative estimate of drug-likeness (QED) is 0.279. The van der Waals surface area contributed by atoms with Crippen molar-refractivity contribution >= 4 is 34.9 Å². The summed E-state index contributed by atoms with van der Waals surface area (Å²) < 4.78 is 33.1. The van der Waals surface area contributed by atoms with Crippen LogP contribution in [0.25, 0.3) is 0 Å². The molecule has 1 heterocycles. The maximum atomic E-state index is 14.9. The number of aromatic nitrogens is 1. The van der Waals surface area contributed by atoms with E-state index in [2.05, 4.69) is 15.0 Å². The minimum absolute atomic E-state index is 0.0189. The van der Waals surface area contributed by atoms with Crippen molar-refractivity contribution in [2.24, 2.45) is 0 Å². The molecule has 0 saturated heterocycles. The van der Waals surface area contributed by atoms with E-state index in [4.69, 9.17) is 5.73 Å². The predicted octanol–water partition coefficient (Wildman–Crippen LogP) is 5.90. The van der Waals surface area contributed by atoms with Crippen molar-refractivity contribution in [2.75, 3.05) is 5.73 Å². The van der Waals surface area contributed by atoms with Crippen LogP contribution in [0.5, 0.6) is 0 Å². The van der Waals surface area contributed by atoms with Crippen molar-refractivity contribution in [1.29, 1.82) is 0 Å². The second-order valence-corrected chi connectivity index (χ2v) is 12.2. The number of nitrogens with one attached hydrogen (secondary N) is 2. The number of carbonyl (C=O) groups is 3. The molecular formula is C32H37F2N5O3S. The number of carbonyl (C=O) groups excluding carboxylic acids is 3. The second-order valence-electron chi connectivity index (χ2n) is 11.4. The van der Waals surface area contributed by atoms with Crippen LogP contribution in [0.15, 0.2) is 48.5 Å². The van der Waals surface area contributed by atoms with Gasteiger partial charge in [0.15, 0.2) is 5.69 Å². The Bertz CT molecular complexity index is 1440. The van der Waals surface area contributed by atoms with Crippen LogP contribution in [-0.2, 0) is 11.3 Å². The summed E-state index contributed by atoms with van der Waals surface area (Å²) in [6.45, 7) is -0.271. The molecule has 2 saturated carbocycles. The van der Waals surface area contributed by atoms with E-state index in [1.165, 1.54) is 47.4 Å². The van der Waals surface area contributed by atoms with Gasteiger partial charge in [-0.3, -0.25) is 14.4 Å². The third kappa shape index (κ3) is 7.38. The molecule has 2 aliphatic rings. The van der Waals surface area contributed by atoms with Gasteiger partial charge < -0.3 is 21.3 Å². The average Bonchev–Trinajstić information content (AvgIpc) is 3.40. The number of nitrogens with zero attached hydrogens (tertiary/aromatic N) is 2. The van der Waals surface area contributed by atoms with Gasteiger partial charge in [0.1, 0.15) is 22.6 Å². The minimum Gasteiger partial charge on any atom is -0.395 e. The largest absolute Gasteiger partial charge is 0.395 e. The molecule has 1 unspecified atom stereocenters. The summed E-state index contributed by atoms with van der Waals surface area (Å²) in [6.07, 6.45) is 9.59. The van der Waals surface area contributed by atoms with Crippen LogP contribution in [0.3, 0.4) is 0 Å². The number of nitrogen functional groups attached to an aromatic ring is 1. The fourth-order valence-corrected chi connectivity index (χ4v) is 6.74. The van der Waals surface area contributed by atoms with Gasteiger partial charge in [0.05, 0.1) is 12.2 Å². The predicted molar refractivity (Wildman–Crippen MR) is 161 cm³/mol. The van der Waals surface area contributed by atoms with Crippen LogP contribution in [0, 0.1) is 11.6 Å². The van der Waals surface area contributed by atoms with Crippen molar-refractivity contribution in [3.8, 4) is 0 Å². The molecule has 0 bridgehead atoms. The number of amides is 3. The first-order chi connectivity index (χ1) is 20.8. The van der Waals surface area contributed by atoms with Crippen molar-refractivity contribution < 1.29 is 23.2 Å². The van der Waals surface area contributed by atoms with Crippen LogP contribution in [-0.4, -0.2) is 39.1 Å². The van der Waals surface area contributed by atoms with Gasteiger partial charge in [0, 0.05) is 17.6 Å². The molecule has 43 heavy (non-hydrogen) atoms. The SMILES string of the molecule is Nc1c(C(=O)NC2CCCCC2)nsc1C(=O)N(Cc1ccccc1F)C(C(=O)NC1CCCCC1)c1ccc(F)cc1. The maximum Gasteiger partial charge on any atom is 0.273 e. The molecule has 0 spiro atoms. The summed E-state index contributed by atoms with van der Waals surface area (Å²) >= 11 is 0.768. The van der Waals surface area contributed by atoms with E-state index in [9.17, 15) is 23.2 Å². The van der Waals surface area contributed by atoms with Gasteiger partial charge in [-0.1, -0.05) is 68.9 Å². The van der Waals surface area contributed by atoms with Crippen molar-refractivity contribution in [3.63, 3.8) is 0 Å². The molecule has 0 aliphatic heterocycles. The molecular weight excluding hydrogens is 572 g/mol. The Morgan fingerprint density at radius 1 is 0.884 bits per heavy atom. The van der Waals surface area contributed by atoms with Crippen LogP contribution in [0.4, 0.5) is 14.5 Å². The van der Waals surface area contributed by atoms with E-state index in [0.717, 1.165) is 75.7 Å². The number of benzene rings is 2. The molecule has 0 radical (unpaired) electrons. The summed E-state index contributed by atoms with van der Waals surface area (Å²) in [6, 6.07) is 10.0. The lowest BCUT2D eigenvalue weighted by Crippen LogP contribution is -2.47. The monoisotopic (exact) mass is 609 g/mol. The molecule has 5 rings (SSSR count). The zero-order valence-corrected chi connectivity index (χ0v) is 24.8. The van der Waals surface area contributed by atoms with Crippen molar-refractivity contribution in [2.45, 2.75) is 88.9 Å². The number of anilines is 1. The molecule has 228 valence electrons. The van der Waals surface area contributed by atoms with Crippen molar-refractivity contribution in [3.05, 3.63) is 81.9 Å². The van der Waals surface area contributed by atoms with Crippen LogP contribution < -0.4 is 16.4 Å². The van der Waals surface area contributed by atoms with E-state index in [1.54, 1.807) is 6.07 Å². The van der Waals surface area contributed by atoms with E-state index >= 15 is 0 Å². The molecule has 2 aromatic carbocycles.